The lowest BCUT2D eigenvalue weighted by atomic mass is 9.80. The number of nitrogens with one attached hydrogen (secondary N) is 1. The molecule has 0 aromatic carbocycles. The van der Waals surface area contributed by atoms with Crippen molar-refractivity contribution in [3.63, 3.8) is 0 Å². The Kier molecular flexibility index (Phi) is 7.87. The summed E-state index contributed by atoms with van der Waals surface area (Å²) in [4.78, 5) is 19.0. The predicted octanol–water partition coefficient (Wildman–Crippen LogP) is 2.84. The summed E-state index contributed by atoms with van der Waals surface area (Å²) in [6.07, 6.45) is 10.3. The molecule has 0 radical (unpaired) electrons. The van der Waals surface area contributed by atoms with Crippen LogP contribution in [-0.2, 0) is 14.8 Å². The summed E-state index contributed by atoms with van der Waals surface area (Å²) in [6, 6.07) is 2.81. The molecule has 1 saturated carbocycles. The van der Waals surface area contributed by atoms with Crippen molar-refractivity contribution >= 4 is 15.9 Å². The van der Waals surface area contributed by atoms with Gasteiger partial charge in [-0.15, -0.1) is 0 Å². The highest BCUT2D eigenvalue weighted by atomic mass is 32.2. The molecule has 2 fully saturated rings. The number of hydrogen-bond donors (Lipinski definition) is 1. The van der Waals surface area contributed by atoms with Crippen LogP contribution < -0.4 is 4.72 Å². The molecule has 168 valence electrons. The van der Waals surface area contributed by atoms with Crippen LogP contribution in [0.2, 0.25) is 0 Å². The van der Waals surface area contributed by atoms with E-state index >= 15 is 0 Å². The zero-order valence-corrected chi connectivity index (χ0v) is 19.1. The number of aromatic nitrogens is 1. The van der Waals surface area contributed by atoms with Crippen LogP contribution in [0.15, 0.2) is 24.5 Å². The summed E-state index contributed by atoms with van der Waals surface area (Å²) in [5.74, 6) is 1.32. The number of ether oxygens (including phenoxy) is 1. The SMILES string of the molecule is CC(C)[C@H]1CC[C@@H](OC[C@H]2[C@@H](NS(C)(=O)=O)CCCN2C(=O)c2cccnc2)CC1. The molecule has 3 rings (SSSR count). The minimum Gasteiger partial charge on any atom is -0.376 e. The fourth-order valence-corrected chi connectivity index (χ4v) is 5.56. The standard InChI is InChI=1S/C22H35N3O4S/c1-16(2)17-8-10-19(11-9-17)29-15-21-20(24-30(3,27)28)7-5-13-25(21)22(26)18-6-4-12-23-14-18/h4,6,12,14,16-17,19-21,24H,5,7-11,13,15H2,1-3H3/t17-,19+,20-,21-/m0/s1. The molecule has 7 nitrogen and oxygen atoms in total. The van der Waals surface area contributed by atoms with Gasteiger partial charge in [0.1, 0.15) is 0 Å². The lowest BCUT2D eigenvalue weighted by Crippen LogP contribution is -2.59. The lowest BCUT2D eigenvalue weighted by molar-refractivity contribution is -0.0282. The van der Waals surface area contributed by atoms with Gasteiger partial charge < -0.3 is 9.64 Å². The number of rotatable bonds is 7. The highest BCUT2D eigenvalue weighted by Crippen LogP contribution is 2.32. The average molecular weight is 438 g/mol. The summed E-state index contributed by atoms with van der Waals surface area (Å²) in [5, 5.41) is 0. The molecule has 2 atom stereocenters. The van der Waals surface area contributed by atoms with E-state index in [9.17, 15) is 13.2 Å². The Morgan fingerprint density at radius 3 is 2.60 bits per heavy atom. The number of piperidine rings is 1. The Morgan fingerprint density at radius 1 is 1.27 bits per heavy atom. The molecule has 1 amide bonds. The Hall–Kier alpha value is -1.51. The first-order chi connectivity index (χ1) is 14.2. The van der Waals surface area contributed by atoms with Crippen LogP contribution in [0.4, 0.5) is 0 Å². The monoisotopic (exact) mass is 437 g/mol. The second-order valence-corrected chi connectivity index (χ2v) is 10.8. The van der Waals surface area contributed by atoms with Crippen molar-refractivity contribution in [1.29, 1.82) is 0 Å². The van der Waals surface area contributed by atoms with Gasteiger partial charge in [0.2, 0.25) is 10.0 Å². The highest BCUT2D eigenvalue weighted by Gasteiger charge is 2.37. The zero-order valence-electron chi connectivity index (χ0n) is 18.3. The van der Waals surface area contributed by atoms with Crippen LogP contribution in [0.25, 0.3) is 0 Å². The number of likely N-dealkylation sites (tertiary alicyclic amines) is 1. The molecular weight excluding hydrogens is 402 g/mol. The first-order valence-electron chi connectivity index (χ1n) is 11.0. The molecule has 2 aliphatic rings. The zero-order chi connectivity index (χ0) is 21.7. The van der Waals surface area contributed by atoms with Crippen LogP contribution in [-0.4, -0.2) is 61.8 Å². The van der Waals surface area contributed by atoms with Crippen molar-refractivity contribution < 1.29 is 17.9 Å². The highest BCUT2D eigenvalue weighted by molar-refractivity contribution is 7.88. The first-order valence-corrected chi connectivity index (χ1v) is 12.9. The number of amides is 1. The van der Waals surface area contributed by atoms with Gasteiger partial charge in [0, 0.05) is 25.0 Å². The minimum atomic E-state index is -3.39. The van der Waals surface area contributed by atoms with Crippen molar-refractivity contribution in [3.8, 4) is 0 Å². The van der Waals surface area contributed by atoms with Gasteiger partial charge in [0.05, 0.1) is 30.6 Å². The van der Waals surface area contributed by atoms with E-state index in [4.69, 9.17) is 4.74 Å². The summed E-state index contributed by atoms with van der Waals surface area (Å²) < 4.78 is 32.9. The van der Waals surface area contributed by atoms with Gasteiger partial charge in [-0.05, 0) is 62.5 Å². The molecule has 0 unspecified atom stereocenters. The summed E-state index contributed by atoms with van der Waals surface area (Å²) in [6.45, 7) is 5.48. The molecule has 1 N–H and O–H groups in total. The molecule has 0 bridgehead atoms. The van der Waals surface area contributed by atoms with Gasteiger partial charge >= 0.3 is 0 Å². The number of sulfonamides is 1. The third-order valence-electron chi connectivity index (χ3n) is 6.48. The van der Waals surface area contributed by atoms with Crippen molar-refractivity contribution in [2.75, 3.05) is 19.4 Å². The normalized spacial score (nSPS) is 27.9. The van der Waals surface area contributed by atoms with Gasteiger partial charge in [-0.1, -0.05) is 13.8 Å². The maximum atomic E-state index is 13.1. The molecule has 30 heavy (non-hydrogen) atoms. The number of carbonyl (C=O) groups is 1. The first kappa shape index (κ1) is 23.2. The molecule has 0 spiro atoms. The predicted molar refractivity (Wildman–Crippen MR) is 117 cm³/mol. The lowest BCUT2D eigenvalue weighted by Gasteiger charge is -2.42. The maximum absolute atomic E-state index is 13.1. The second-order valence-electron chi connectivity index (χ2n) is 9.06. The van der Waals surface area contributed by atoms with Crippen molar-refractivity contribution in [2.24, 2.45) is 11.8 Å². The molecule has 2 heterocycles. The van der Waals surface area contributed by atoms with Crippen LogP contribution in [0.1, 0.15) is 62.7 Å². The number of nitrogens with zero attached hydrogens (tertiary/aromatic N) is 2. The van der Waals surface area contributed by atoms with Crippen LogP contribution in [0.5, 0.6) is 0 Å². The molecule has 1 aliphatic heterocycles. The van der Waals surface area contributed by atoms with Crippen molar-refractivity contribution in [3.05, 3.63) is 30.1 Å². The van der Waals surface area contributed by atoms with E-state index in [1.165, 1.54) is 6.26 Å². The number of carbonyl (C=O) groups excluding carboxylic acids is 1. The fraction of sp³-hybridized carbons (Fsp3) is 0.727. The van der Waals surface area contributed by atoms with Gasteiger partial charge in [0.25, 0.3) is 5.91 Å². The third kappa shape index (κ3) is 6.25. The summed E-state index contributed by atoms with van der Waals surface area (Å²) in [7, 11) is -3.39. The summed E-state index contributed by atoms with van der Waals surface area (Å²) in [5.41, 5.74) is 0.514. The minimum absolute atomic E-state index is 0.125. The molecule has 1 aliphatic carbocycles. The molecule has 1 saturated heterocycles. The molecular formula is C22H35N3O4S. The number of pyridine rings is 1. The molecule has 8 heteroatoms. The Balaban J connectivity index is 1.70. The van der Waals surface area contributed by atoms with Crippen LogP contribution >= 0.6 is 0 Å². The summed E-state index contributed by atoms with van der Waals surface area (Å²) >= 11 is 0. The van der Waals surface area contributed by atoms with E-state index < -0.39 is 10.0 Å². The molecule has 1 aromatic rings. The Morgan fingerprint density at radius 2 is 2.00 bits per heavy atom. The number of hydrogen-bond acceptors (Lipinski definition) is 5. The van der Waals surface area contributed by atoms with Gasteiger partial charge in [-0.2, -0.15) is 0 Å². The average Bonchev–Trinajstić information content (AvgIpc) is 2.72. The second kappa shape index (κ2) is 10.2. The van der Waals surface area contributed by atoms with Gasteiger partial charge in [0.15, 0.2) is 0 Å². The van der Waals surface area contributed by atoms with Gasteiger partial charge in [-0.3, -0.25) is 9.78 Å². The Bertz CT molecular complexity index is 792. The van der Waals surface area contributed by atoms with Crippen LogP contribution in [0, 0.1) is 11.8 Å². The Labute approximate surface area is 180 Å². The van der Waals surface area contributed by atoms with E-state index in [0.717, 1.165) is 38.0 Å². The smallest absolute Gasteiger partial charge is 0.255 e. The quantitative estimate of drug-likeness (QED) is 0.709. The van der Waals surface area contributed by atoms with Crippen molar-refractivity contribution in [2.45, 2.75) is 70.6 Å². The topological polar surface area (TPSA) is 88.6 Å². The van der Waals surface area contributed by atoms with E-state index in [-0.39, 0.29) is 24.1 Å². The molecule has 1 aromatic heterocycles. The van der Waals surface area contributed by atoms with E-state index in [2.05, 4.69) is 23.6 Å². The van der Waals surface area contributed by atoms with E-state index in [1.54, 1.807) is 29.4 Å². The van der Waals surface area contributed by atoms with Crippen LogP contribution in [0.3, 0.4) is 0 Å². The van der Waals surface area contributed by atoms with Crippen molar-refractivity contribution in [1.82, 2.24) is 14.6 Å². The fourth-order valence-electron chi connectivity index (χ4n) is 4.74. The van der Waals surface area contributed by atoms with Gasteiger partial charge in [-0.25, -0.2) is 13.1 Å². The largest absolute Gasteiger partial charge is 0.376 e. The van der Waals surface area contributed by atoms with E-state index in [0.29, 0.717) is 31.1 Å². The van der Waals surface area contributed by atoms with E-state index in [1.807, 2.05) is 0 Å². The third-order valence-corrected chi connectivity index (χ3v) is 7.21. The maximum Gasteiger partial charge on any atom is 0.255 e.